The number of sulfonamides is 1. The number of carbonyl (C=O) groups excluding carboxylic acids is 2. The smallest absolute Gasteiger partial charge is 0.244 e. The molecule has 0 aliphatic carbocycles. The van der Waals surface area contributed by atoms with Gasteiger partial charge in [-0.05, 0) is 30.0 Å². The number of amides is 2. The third-order valence-corrected chi connectivity index (χ3v) is 6.74. The van der Waals surface area contributed by atoms with Gasteiger partial charge in [0.2, 0.25) is 21.8 Å². The fraction of sp³-hybridized carbons (Fsp3) is 0.462. The number of hydrogen-bond donors (Lipinski definition) is 1. The fourth-order valence-electron chi connectivity index (χ4n) is 3.72. The number of benzene rings is 2. The largest absolute Gasteiger partial charge is 0.493 e. The second-order valence-corrected chi connectivity index (χ2v) is 10.8. The van der Waals surface area contributed by atoms with Crippen LogP contribution in [-0.2, 0) is 26.2 Å². The van der Waals surface area contributed by atoms with Crippen molar-refractivity contribution in [3.05, 3.63) is 54.1 Å². The highest BCUT2D eigenvalue weighted by Gasteiger charge is 2.32. The van der Waals surface area contributed by atoms with Crippen molar-refractivity contribution >= 4 is 27.5 Å². The summed E-state index contributed by atoms with van der Waals surface area (Å²) >= 11 is 0. The van der Waals surface area contributed by atoms with Crippen LogP contribution in [0.3, 0.4) is 0 Å². The van der Waals surface area contributed by atoms with E-state index in [0.29, 0.717) is 24.5 Å². The lowest BCUT2D eigenvalue weighted by molar-refractivity contribution is -0.140. The lowest BCUT2D eigenvalue weighted by atomic mass is 10.1. The van der Waals surface area contributed by atoms with Gasteiger partial charge in [0, 0.05) is 19.2 Å². The highest BCUT2D eigenvalue weighted by molar-refractivity contribution is 7.92. The average molecular weight is 520 g/mol. The fourth-order valence-corrected chi connectivity index (χ4v) is 4.56. The molecule has 0 fully saturated rings. The SMILES string of the molecule is CC[C@H](C(=O)NCC(C)C)N(Cc1ccccc1)C(=O)CN(c1ccc(OC)c(OC)c1)S(C)(=O)=O. The number of nitrogens with zero attached hydrogens (tertiary/aromatic N) is 2. The Kier molecular flexibility index (Phi) is 10.6. The minimum Gasteiger partial charge on any atom is -0.493 e. The van der Waals surface area contributed by atoms with Crippen molar-refractivity contribution in [3.8, 4) is 11.5 Å². The zero-order valence-corrected chi connectivity index (χ0v) is 22.7. The molecule has 1 N–H and O–H groups in total. The van der Waals surface area contributed by atoms with Gasteiger partial charge in [0.25, 0.3) is 0 Å². The van der Waals surface area contributed by atoms with Crippen molar-refractivity contribution in [2.45, 2.75) is 39.8 Å². The molecule has 36 heavy (non-hydrogen) atoms. The minimum absolute atomic E-state index is 0.164. The maximum atomic E-state index is 13.7. The maximum absolute atomic E-state index is 13.7. The molecule has 2 aromatic carbocycles. The summed E-state index contributed by atoms with van der Waals surface area (Å²) in [7, 11) is -0.926. The van der Waals surface area contributed by atoms with Gasteiger partial charge >= 0.3 is 0 Å². The van der Waals surface area contributed by atoms with Gasteiger partial charge in [0.1, 0.15) is 12.6 Å². The van der Waals surface area contributed by atoms with E-state index >= 15 is 0 Å². The van der Waals surface area contributed by atoms with Crippen LogP contribution in [0, 0.1) is 5.92 Å². The lowest BCUT2D eigenvalue weighted by Crippen LogP contribution is -2.52. The van der Waals surface area contributed by atoms with Gasteiger partial charge in [-0.1, -0.05) is 51.1 Å². The predicted octanol–water partition coefficient (Wildman–Crippen LogP) is 3.05. The number of nitrogens with one attached hydrogen (secondary N) is 1. The van der Waals surface area contributed by atoms with Crippen LogP contribution in [0.2, 0.25) is 0 Å². The van der Waals surface area contributed by atoms with Gasteiger partial charge in [0.15, 0.2) is 11.5 Å². The molecule has 0 aliphatic heterocycles. The maximum Gasteiger partial charge on any atom is 0.244 e. The number of anilines is 1. The zero-order chi connectivity index (χ0) is 26.9. The van der Waals surface area contributed by atoms with Gasteiger partial charge in [-0.3, -0.25) is 13.9 Å². The number of ether oxygens (including phenoxy) is 2. The van der Waals surface area contributed by atoms with Gasteiger partial charge in [0.05, 0.1) is 26.2 Å². The van der Waals surface area contributed by atoms with Crippen molar-refractivity contribution in [1.82, 2.24) is 10.2 Å². The molecular formula is C26H37N3O6S. The van der Waals surface area contributed by atoms with Crippen molar-refractivity contribution < 1.29 is 27.5 Å². The van der Waals surface area contributed by atoms with E-state index < -0.39 is 28.5 Å². The average Bonchev–Trinajstić information content (AvgIpc) is 2.85. The summed E-state index contributed by atoms with van der Waals surface area (Å²) in [6.45, 7) is 5.96. The Morgan fingerprint density at radius 3 is 2.17 bits per heavy atom. The van der Waals surface area contributed by atoms with Crippen molar-refractivity contribution in [2.24, 2.45) is 5.92 Å². The van der Waals surface area contributed by atoms with Crippen molar-refractivity contribution in [1.29, 1.82) is 0 Å². The quantitative estimate of drug-likeness (QED) is 0.436. The van der Waals surface area contributed by atoms with E-state index in [0.717, 1.165) is 16.1 Å². The molecule has 2 rings (SSSR count). The number of hydrogen-bond acceptors (Lipinski definition) is 6. The van der Waals surface area contributed by atoms with E-state index in [4.69, 9.17) is 9.47 Å². The predicted molar refractivity (Wildman–Crippen MR) is 141 cm³/mol. The van der Waals surface area contributed by atoms with Gasteiger partial charge in [-0.15, -0.1) is 0 Å². The molecule has 2 amide bonds. The molecule has 0 saturated carbocycles. The molecule has 0 heterocycles. The molecule has 0 spiro atoms. The minimum atomic E-state index is -3.85. The lowest BCUT2D eigenvalue weighted by Gasteiger charge is -2.33. The molecule has 10 heteroatoms. The number of methoxy groups -OCH3 is 2. The van der Waals surface area contributed by atoms with Crippen LogP contribution >= 0.6 is 0 Å². The molecule has 0 saturated heterocycles. The first-order valence-electron chi connectivity index (χ1n) is 11.8. The second-order valence-electron chi connectivity index (χ2n) is 8.88. The molecule has 9 nitrogen and oxygen atoms in total. The molecule has 0 radical (unpaired) electrons. The molecule has 198 valence electrons. The highest BCUT2D eigenvalue weighted by atomic mass is 32.2. The Hall–Kier alpha value is -3.27. The summed E-state index contributed by atoms with van der Waals surface area (Å²) in [5.41, 5.74) is 1.08. The van der Waals surface area contributed by atoms with Crippen LogP contribution in [0.15, 0.2) is 48.5 Å². The molecule has 0 aromatic heterocycles. The Morgan fingerprint density at radius 2 is 1.64 bits per heavy atom. The third-order valence-electron chi connectivity index (χ3n) is 5.60. The van der Waals surface area contributed by atoms with E-state index in [1.165, 1.54) is 25.2 Å². The summed E-state index contributed by atoms with van der Waals surface area (Å²) in [5, 5.41) is 2.90. The topological polar surface area (TPSA) is 105 Å². The van der Waals surface area contributed by atoms with Crippen molar-refractivity contribution in [2.75, 3.05) is 37.9 Å². The summed E-state index contributed by atoms with van der Waals surface area (Å²) in [5.74, 6) is 0.241. The third kappa shape index (κ3) is 7.87. The summed E-state index contributed by atoms with van der Waals surface area (Å²) in [6.07, 6.45) is 1.41. The first-order chi connectivity index (χ1) is 17.0. The van der Waals surface area contributed by atoms with Crippen LogP contribution in [0.5, 0.6) is 11.5 Å². The summed E-state index contributed by atoms with van der Waals surface area (Å²) in [6, 6.07) is 13.2. The first kappa shape index (κ1) is 29.0. The molecule has 0 bridgehead atoms. The van der Waals surface area contributed by atoms with Gasteiger partial charge in [-0.25, -0.2) is 8.42 Å². The van der Waals surface area contributed by atoms with E-state index in [1.807, 2.05) is 51.1 Å². The summed E-state index contributed by atoms with van der Waals surface area (Å²) in [4.78, 5) is 28.2. The highest BCUT2D eigenvalue weighted by Crippen LogP contribution is 2.32. The van der Waals surface area contributed by atoms with E-state index in [1.54, 1.807) is 12.1 Å². The van der Waals surface area contributed by atoms with Crippen LogP contribution in [0.4, 0.5) is 5.69 Å². The second kappa shape index (κ2) is 13.2. The first-order valence-corrected chi connectivity index (χ1v) is 13.7. The number of carbonyl (C=O) groups is 2. The molecule has 2 aromatic rings. The van der Waals surface area contributed by atoms with E-state index in [2.05, 4.69) is 5.32 Å². The van der Waals surface area contributed by atoms with Gasteiger partial charge in [-0.2, -0.15) is 0 Å². The number of rotatable bonds is 13. The van der Waals surface area contributed by atoms with E-state index in [-0.39, 0.29) is 24.1 Å². The molecule has 0 aliphatic rings. The molecule has 0 unspecified atom stereocenters. The Labute approximate surface area is 214 Å². The molecule has 1 atom stereocenters. The van der Waals surface area contributed by atoms with Crippen LogP contribution in [-0.4, -0.2) is 64.7 Å². The van der Waals surface area contributed by atoms with Crippen LogP contribution in [0.1, 0.15) is 32.8 Å². The zero-order valence-electron chi connectivity index (χ0n) is 21.9. The Bertz CT molecular complexity index is 1120. The van der Waals surface area contributed by atoms with E-state index in [9.17, 15) is 18.0 Å². The monoisotopic (exact) mass is 519 g/mol. The Morgan fingerprint density at radius 1 is 1.00 bits per heavy atom. The van der Waals surface area contributed by atoms with Gasteiger partial charge < -0.3 is 19.7 Å². The summed E-state index contributed by atoms with van der Waals surface area (Å²) < 4.78 is 37.1. The standard InChI is InChI=1S/C26H37N3O6S/c1-7-22(26(31)27-16-19(2)3)28(17-20-11-9-8-10-12-20)25(30)18-29(36(6,32)33)21-13-14-23(34-4)24(15-21)35-5/h8-15,19,22H,7,16-18H2,1-6H3,(H,27,31)/t22-/m1/s1. The molecular weight excluding hydrogens is 482 g/mol. The normalized spacial score (nSPS) is 12.1. The van der Waals surface area contributed by atoms with Crippen LogP contribution in [0.25, 0.3) is 0 Å². The van der Waals surface area contributed by atoms with Crippen LogP contribution < -0.4 is 19.1 Å². The van der Waals surface area contributed by atoms with Crippen molar-refractivity contribution in [3.63, 3.8) is 0 Å². The Balaban J connectivity index is 2.44.